The van der Waals surface area contributed by atoms with Crippen LogP contribution in [0.25, 0.3) is 0 Å². The molecular weight excluding hydrogens is 274 g/mol. The average Bonchev–Trinajstić information content (AvgIpc) is 2.96. The Kier molecular flexibility index (Phi) is 7.54. The fraction of sp³-hybridized carbons (Fsp3) is 0.714. The Hall–Kier alpha value is -1.14. The van der Waals surface area contributed by atoms with Crippen molar-refractivity contribution in [2.75, 3.05) is 44.7 Å². The van der Waals surface area contributed by atoms with Crippen molar-refractivity contribution >= 4 is 22.4 Å². The molecule has 0 saturated heterocycles. The second-order valence-electron chi connectivity index (χ2n) is 4.47. The molecule has 0 aliphatic rings. The molecule has 0 saturated carbocycles. The largest absolute Gasteiger partial charge is 0.464 e. The Morgan fingerprint density at radius 2 is 1.95 bits per heavy atom. The molecule has 0 unspecified atom stereocenters. The minimum Gasteiger partial charge on any atom is -0.464 e. The molecule has 0 bridgehead atoms. The summed E-state index contributed by atoms with van der Waals surface area (Å²) in [5.74, 6) is -0.369. The van der Waals surface area contributed by atoms with Crippen LogP contribution in [0.1, 0.15) is 37.7 Å². The van der Waals surface area contributed by atoms with E-state index in [9.17, 15) is 4.79 Å². The average molecular weight is 299 g/mol. The van der Waals surface area contributed by atoms with Crippen LogP contribution in [0.5, 0.6) is 0 Å². The number of hydrogen-bond acceptors (Lipinski definition) is 6. The smallest absolute Gasteiger partial charge is 0.357 e. The molecule has 0 aliphatic heterocycles. The molecule has 0 atom stereocenters. The van der Waals surface area contributed by atoms with E-state index >= 15 is 0 Å². The Morgan fingerprint density at radius 3 is 2.50 bits per heavy atom. The van der Waals surface area contributed by atoms with Crippen LogP contribution in [-0.2, 0) is 4.74 Å². The number of esters is 1. The lowest BCUT2D eigenvalue weighted by Gasteiger charge is -2.23. The molecule has 0 amide bonds. The number of thiazole rings is 1. The third kappa shape index (κ3) is 4.76. The van der Waals surface area contributed by atoms with Gasteiger partial charge in [0.25, 0.3) is 0 Å². The zero-order chi connectivity index (χ0) is 15.0. The van der Waals surface area contributed by atoms with E-state index in [2.05, 4.69) is 40.3 Å². The number of ether oxygens (including phenoxy) is 1. The maximum atomic E-state index is 11.4. The van der Waals surface area contributed by atoms with Gasteiger partial charge in [-0.05, 0) is 33.0 Å². The van der Waals surface area contributed by atoms with E-state index in [1.807, 2.05) is 0 Å². The van der Waals surface area contributed by atoms with Crippen LogP contribution in [0.15, 0.2) is 5.38 Å². The van der Waals surface area contributed by atoms with Gasteiger partial charge >= 0.3 is 5.97 Å². The van der Waals surface area contributed by atoms with Crippen molar-refractivity contribution in [3.8, 4) is 0 Å². The van der Waals surface area contributed by atoms with E-state index in [4.69, 9.17) is 0 Å². The van der Waals surface area contributed by atoms with E-state index in [1.54, 1.807) is 5.38 Å². The third-order valence-corrected chi connectivity index (χ3v) is 4.24. The number of nitrogens with zero attached hydrogens (tertiary/aromatic N) is 3. The number of anilines is 1. The van der Waals surface area contributed by atoms with Gasteiger partial charge in [0.05, 0.1) is 7.11 Å². The van der Waals surface area contributed by atoms with Crippen molar-refractivity contribution in [3.63, 3.8) is 0 Å². The quantitative estimate of drug-likeness (QED) is 0.656. The molecular formula is C14H25N3O2S. The molecule has 0 radical (unpaired) electrons. The summed E-state index contributed by atoms with van der Waals surface area (Å²) < 4.78 is 4.68. The predicted molar refractivity (Wildman–Crippen MR) is 83.7 cm³/mol. The van der Waals surface area contributed by atoms with Gasteiger partial charge in [0.15, 0.2) is 10.8 Å². The molecule has 0 fully saturated rings. The number of carbonyl (C=O) groups excluding carboxylic acids is 1. The highest BCUT2D eigenvalue weighted by Crippen LogP contribution is 2.21. The van der Waals surface area contributed by atoms with Crippen LogP contribution in [0, 0.1) is 0 Å². The molecule has 6 heteroatoms. The normalized spacial score (nSPS) is 10.8. The minimum absolute atomic E-state index is 0.369. The van der Waals surface area contributed by atoms with Crippen LogP contribution >= 0.6 is 11.3 Å². The van der Waals surface area contributed by atoms with Crippen molar-refractivity contribution in [1.29, 1.82) is 0 Å². The van der Waals surface area contributed by atoms with E-state index in [-0.39, 0.29) is 5.97 Å². The fourth-order valence-corrected chi connectivity index (χ4v) is 2.91. The highest BCUT2D eigenvalue weighted by Gasteiger charge is 2.14. The second-order valence-corrected chi connectivity index (χ2v) is 5.30. The molecule has 0 aromatic carbocycles. The molecule has 1 aromatic heterocycles. The van der Waals surface area contributed by atoms with Gasteiger partial charge in [-0.3, -0.25) is 0 Å². The van der Waals surface area contributed by atoms with Gasteiger partial charge in [-0.25, -0.2) is 9.78 Å². The molecule has 114 valence electrons. The standard InChI is InChI=1S/C14H25N3O2S/c1-5-16(6-2)9-8-10-17(7-3)14-15-12(11-20-14)13(18)19-4/h11H,5-10H2,1-4H3. The summed E-state index contributed by atoms with van der Waals surface area (Å²) in [6.07, 6.45) is 1.10. The molecule has 0 N–H and O–H groups in total. The zero-order valence-electron chi connectivity index (χ0n) is 12.9. The minimum atomic E-state index is -0.369. The summed E-state index contributed by atoms with van der Waals surface area (Å²) >= 11 is 1.50. The molecule has 1 aromatic rings. The lowest BCUT2D eigenvalue weighted by atomic mass is 10.3. The van der Waals surface area contributed by atoms with Crippen LogP contribution in [-0.4, -0.2) is 55.7 Å². The van der Waals surface area contributed by atoms with Crippen LogP contribution < -0.4 is 4.90 Å². The summed E-state index contributed by atoms with van der Waals surface area (Å²) in [7, 11) is 1.38. The molecule has 5 nitrogen and oxygen atoms in total. The van der Waals surface area contributed by atoms with Gasteiger partial charge in [-0.1, -0.05) is 13.8 Å². The molecule has 1 rings (SSSR count). The van der Waals surface area contributed by atoms with E-state index in [1.165, 1.54) is 18.4 Å². The fourth-order valence-electron chi connectivity index (χ4n) is 2.02. The van der Waals surface area contributed by atoms with Crippen molar-refractivity contribution in [2.24, 2.45) is 0 Å². The topological polar surface area (TPSA) is 45.7 Å². The predicted octanol–water partition coefficient (Wildman–Crippen LogP) is 2.49. The van der Waals surface area contributed by atoms with Crippen LogP contribution in [0.3, 0.4) is 0 Å². The summed E-state index contributed by atoms with van der Waals surface area (Å²) in [5, 5.41) is 2.65. The first-order chi connectivity index (χ1) is 9.65. The number of carbonyl (C=O) groups is 1. The molecule has 20 heavy (non-hydrogen) atoms. The van der Waals surface area contributed by atoms with Crippen molar-refractivity contribution in [1.82, 2.24) is 9.88 Å². The van der Waals surface area contributed by atoms with Gasteiger partial charge in [-0.15, -0.1) is 11.3 Å². The van der Waals surface area contributed by atoms with E-state index in [0.717, 1.165) is 44.3 Å². The monoisotopic (exact) mass is 299 g/mol. The van der Waals surface area contributed by atoms with Crippen LogP contribution in [0.2, 0.25) is 0 Å². The number of rotatable bonds is 9. The number of hydrogen-bond donors (Lipinski definition) is 0. The molecule has 1 heterocycles. The van der Waals surface area contributed by atoms with Gasteiger partial charge < -0.3 is 14.5 Å². The lowest BCUT2D eigenvalue weighted by molar-refractivity contribution is 0.0595. The van der Waals surface area contributed by atoms with Gasteiger partial charge in [0, 0.05) is 18.5 Å². The third-order valence-electron chi connectivity index (χ3n) is 3.34. The highest BCUT2D eigenvalue weighted by atomic mass is 32.1. The zero-order valence-corrected chi connectivity index (χ0v) is 13.7. The number of methoxy groups -OCH3 is 1. The van der Waals surface area contributed by atoms with E-state index in [0.29, 0.717) is 5.69 Å². The Balaban J connectivity index is 2.53. The first kappa shape index (κ1) is 16.9. The van der Waals surface area contributed by atoms with Gasteiger partial charge in [-0.2, -0.15) is 0 Å². The van der Waals surface area contributed by atoms with Crippen molar-refractivity contribution < 1.29 is 9.53 Å². The first-order valence-electron chi connectivity index (χ1n) is 7.17. The summed E-state index contributed by atoms with van der Waals surface area (Å²) in [6.45, 7) is 11.6. The lowest BCUT2D eigenvalue weighted by Crippen LogP contribution is -2.30. The second kappa shape index (κ2) is 8.92. The van der Waals surface area contributed by atoms with Gasteiger partial charge in [0.2, 0.25) is 0 Å². The van der Waals surface area contributed by atoms with Gasteiger partial charge in [0.1, 0.15) is 0 Å². The number of aromatic nitrogens is 1. The first-order valence-corrected chi connectivity index (χ1v) is 8.05. The highest BCUT2D eigenvalue weighted by molar-refractivity contribution is 7.13. The summed E-state index contributed by atoms with van der Waals surface area (Å²) in [4.78, 5) is 20.4. The molecule has 0 aliphatic carbocycles. The summed E-state index contributed by atoms with van der Waals surface area (Å²) in [6, 6.07) is 0. The molecule has 0 spiro atoms. The Morgan fingerprint density at radius 1 is 1.25 bits per heavy atom. The Labute approximate surface area is 125 Å². The summed E-state index contributed by atoms with van der Waals surface area (Å²) in [5.41, 5.74) is 0.398. The van der Waals surface area contributed by atoms with Crippen molar-refractivity contribution in [3.05, 3.63) is 11.1 Å². The Bertz CT molecular complexity index is 405. The van der Waals surface area contributed by atoms with Crippen LogP contribution in [0.4, 0.5) is 5.13 Å². The van der Waals surface area contributed by atoms with E-state index < -0.39 is 0 Å². The maximum absolute atomic E-state index is 11.4. The van der Waals surface area contributed by atoms with Crippen molar-refractivity contribution in [2.45, 2.75) is 27.2 Å². The maximum Gasteiger partial charge on any atom is 0.357 e. The SMILES string of the molecule is CCN(CC)CCCN(CC)c1nc(C(=O)OC)cs1.